The number of rotatable bonds is 12. The van der Waals surface area contributed by atoms with Gasteiger partial charge >= 0.3 is 0 Å². The highest BCUT2D eigenvalue weighted by molar-refractivity contribution is 7.86. The number of hydrogen-bond donors (Lipinski definition) is 8. The molecule has 0 rings (SSSR count). The molecular formula is C17H44O16S4. The van der Waals surface area contributed by atoms with E-state index in [-0.39, 0.29) is 23.0 Å². The highest BCUT2D eigenvalue weighted by Gasteiger charge is 2.26. The van der Waals surface area contributed by atoms with Crippen LogP contribution < -0.4 is 0 Å². The molecule has 0 unspecified atom stereocenters. The van der Waals surface area contributed by atoms with Gasteiger partial charge in [0.05, 0.1) is 54.9 Å². The fraction of sp³-hybridized carbons (Fsp3) is 1.00. The third kappa shape index (κ3) is 52.7. The van der Waals surface area contributed by atoms with Crippen LogP contribution in [0.2, 0.25) is 0 Å². The fourth-order valence-corrected chi connectivity index (χ4v) is 3.40. The summed E-state index contributed by atoms with van der Waals surface area (Å²) in [7, 11) is -14.7. The van der Waals surface area contributed by atoms with E-state index in [9.17, 15) is 33.7 Å². The van der Waals surface area contributed by atoms with Crippen LogP contribution in [0.4, 0.5) is 0 Å². The molecule has 0 bridgehead atoms. The molecule has 0 spiro atoms. The second-order valence-corrected chi connectivity index (χ2v) is 13.6. The van der Waals surface area contributed by atoms with Gasteiger partial charge in [0, 0.05) is 0 Å². The first-order valence-electron chi connectivity index (χ1n) is 10.7. The number of aliphatic hydroxyl groups is 4. The van der Waals surface area contributed by atoms with Gasteiger partial charge in [0.2, 0.25) is 0 Å². The molecule has 0 aromatic heterocycles. The molecule has 0 atom stereocenters. The summed E-state index contributed by atoms with van der Waals surface area (Å²) < 4.78 is 110. The Morgan fingerprint density at radius 3 is 0.541 bits per heavy atom. The van der Waals surface area contributed by atoms with Crippen LogP contribution in [0.5, 0.6) is 0 Å². The zero-order chi connectivity index (χ0) is 31.0. The van der Waals surface area contributed by atoms with Crippen LogP contribution >= 0.6 is 0 Å². The van der Waals surface area contributed by atoms with Crippen LogP contribution in [-0.4, -0.2) is 122 Å². The molecule has 20 heteroatoms. The summed E-state index contributed by atoms with van der Waals surface area (Å²) >= 11 is 0. The van der Waals surface area contributed by atoms with Crippen LogP contribution in [0.15, 0.2) is 0 Å². The van der Waals surface area contributed by atoms with Crippen molar-refractivity contribution in [1.29, 1.82) is 0 Å². The minimum Gasteiger partial charge on any atom is -0.396 e. The smallest absolute Gasteiger partial charge is 0.264 e. The molecular weight excluding hydrogens is 588 g/mol. The molecule has 0 aliphatic rings. The molecule has 232 valence electrons. The summed E-state index contributed by atoms with van der Waals surface area (Å²) in [5.74, 6) is -0.528. The number of aliphatic hydroxyl groups excluding tert-OH is 4. The molecule has 0 aromatic carbocycles. The van der Waals surface area contributed by atoms with E-state index in [1.165, 1.54) is 0 Å². The number of hydrogen-bond acceptors (Lipinski definition) is 12. The molecule has 0 heterocycles. The Morgan fingerprint density at radius 1 is 0.405 bits per heavy atom. The summed E-state index contributed by atoms with van der Waals surface area (Å²) in [6, 6.07) is 0. The van der Waals surface area contributed by atoms with Crippen molar-refractivity contribution in [2.45, 2.75) is 53.4 Å². The maximum atomic E-state index is 9.79. The Balaban J connectivity index is -0.000000116. The van der Waals surface area contributed by atoms with Crippen LogP contribution in [-0.2, 0) is 40.5 Å². The average molecular weight is 633 g/mol. The van der Waals surface area contributed by atoms with Gasteiger partial charge in [-0.05, 0) is 25.7 Å². The topological polar surface area (TPSA) is 298 Å². The third-order valence-corrected chi connectivity index (χ3v) is 6.89. The molecule has 0 saturated heterocycles. The minimum absolute atomic E-state index is 0.132. The minimum atomic E-state index is -3.67. The first-order chi connectivity index (χ1) is 16.5. The predicted octanol–water partition coefficient (Wildman–Crippen LogP) is -0.921. The highest BCUT2D eigenvalue weighted by atomic mass is 32.2. The zero-order valence-corrected chi connectivity index (χ0v) is 24.7. The van der Waals surface area contributed by atoms with Gasteiger partial charge in [0.25, 0.3) is 40.5 Å². The summed E-state index contributed by atoms with van der Waals surface area (Å²) in [5, 5.41) is 34.0. The molecule has 0 radical (unpaired) electrons. The monoisotopic (exact) mass is 632 g/mol. The van der Waals surface area contributed by atoms with Crippen molar-refractivity contribution in [2.24, 2.45) is 5.41 Å². The van der Waals surface area contributed by atoms with Crippen molar-refractivity contribution in [3.05, 3.63) is 0 Å². The normalized spacial score (nSPS) is 11.8. The lowest BCUT2D eigenvalue weighted by atomic mass is 9.93. The van der Waals surface area contributed by atoms with Crippen LogP contribution in [0, 0.1) is 5.41 Å². The Bertz CT molecular complexity index is 768. The van der Waals surface area contributed by atoms with Crippen LogP contribution in [0.25, 0.3) is 0 Å². The molecule has 0 aliphatic heterocycles. The molecule has 16 nitrogen and oxygen atoms in total. The van der Waals surface area contributed by atoms with Crippen molar-refractivity contribution < 1.29 is 72.3 Å². The summed E-state index contributed by atoms with van der Waals surface area (Å²) in [6.07, 6.45) is 1.88. The quantitative estimate of drug-likeness (QED) is 0.121. The van der Waals surface area contributed by atoms with Crippen molar-refractivity contribution in [3.63, 3.8) is 0 Å². The van der Waals surface area contributed by atoms with Crippen molar-refractivity contribution in [3.8, 4) is 0 Å². The maximum Gasteiger partial charge on any atom is 0.264 e. The van der Waals surface area contributed by atoms with E-state index in [0.29, 0.717) is 25.7 Å². The second kappa shape index (κ2) is 24.5. The predicted molar refractivity (Wildman–Crippen MR) is 138 cm³/mol. The van der Waals surface area contributed by atoms with E-state index in [0.717, 1.165) is 0 Å². The van der Waals surface area contributed by atoms with Crippen LogP contribution in [0.3, 0.4) is 0 Å². The Kier molecular flexibility index (Phi) is 30.7. The Labute approximate surface area is 220 Å². The van der Waals surface area contributed by atoms with E-state index in [1.54, 1.807) is 27.7 Å². The van der Waals surface area contributed by atoms with Gasteiger partial charge in [-0.2, -0.15) is 33.7 Å². The molecule has 0 saturated carbocycles. The highest BCUT2D eigenvalue weighted by Crippen LogP contribution is 2.11. The van der Waals surface area contributed by atoms with Crippen molar-refractivity contribution in [2.75, 3.05) is 49.4 Å². The van der Waals surface area contributed by atoms with E-state index in [1.807, 2.05) is 0 Å². The van der Waals surface area contributed by atoms with E-state index >= 15 is 0 Å². The lowest BCUT2D eigenvalue weighted by molar-refractivity contribution is -0.0328. The molecule has 37 heavy (non-hydrogen) atoms. The third-order valence-electron chi connectivity index (χ3n) is 3.19. The zero-order valence-electron chi connectivity index (χ0n) is 21.5. The van der Waals surface area contributed by atoms with E-state index < -0.39 is 72.3 Å². The molecule has 8 N–H and O–H groups in total. The van der Waals surface area contributed by atoms with Gasteiger partial charge in [-0.25, -0.2) is 0 Å². The Hall–Kier alpha value is -0.520. The largest absolute Gasteiger partial charge is 0.396 e. The van der Waals surface area contributed by atoms with Gasteiger partial charge in [-0.1, -0.05) is 27.7 Å². The first-order valence-corrected chi connectivity index (χ1v) is 17.2. The van der Waals surface area contributed by atoms with E-state index in [2.05, 4.69) is 0 Å². The summed E-state index contributed by atoms with van der Waals surface area (Å²) in [6.45, 7) is 5.13. The van der Waals surface area contributed by atoms with Crippen LogP contribution in [0.1, 0.15) is 53.4 Å². The van der Waals surface area contributed by atoms with Gasteiger partial charge in [0.15, 0.2) is 0 Å². The molecule has 0 aromatic rings. The lowest BCUT2D eigenvalue weighted by Gasteiger charge is -2.23. The molecule has 0 fully saturated rings. The second-order valence-electron chi connectivity index (χ2n) is 7.28. The van der Waals surface area contributed by atoms with Gasteiger partial charge < -0.3 is 20.4 Å². The van der Waals surface area contributed by atoms with Gasteiger partial charge in [0.1, 0.15) is 0 Å². The van der Waals surface area contributed by atoms with Crippen molar-refractivity contribution >= 4 is 40.5 Å². The van der Waals surface area contributed by atoms with E-state index in [4.69, 9.17) is 38.6 Å². The first kappa shape index (κ1) is 46.3. The summed E-state index contributed by atoms with van der Waals surface area (Å²) in [4.78, 5) is 0. The molecule has 0 amide bonds. The van der Waals surface area contributed by atoms with Gasteiger partial charge in [-0.15, -0.1) is 0 Å². The SMILES string of the molecule is CCCS(=O)(=O)O.CCCS(=O)(=O)O.CCCS(=O)(=O)O.CCCS(=O)(=O)O.OCC(CO)(CO)CO. The standard InChI is InChI=1S/C5H12O4.4C3H8O3S/c6-1-5(2-7,3-8)4-9;4*1-2-3-7(4,5)6/h6-9H,1-4H2;4*2-3H2,1H3,(H,4,5,6). The van der Waals surface area contributed by atoms with Crippen molar-refractivity contribution in [1.82, 2.24) is 0 Å². The summed E-state index contributed by atoms with van der Waals surface area (Å²) in [5.41, 5.74) is -1.11. The fourth-order valence-electron chi connectivity index (χ4n) is 1.33. The van der Waals surface area contributed by atoms with Gasteiger partial charge in [-0.3, -0.25) is 18.2 Å². The maximum absolute atomic E-state index is 9.79. The average Bonchev–Trinajstić information content (AvgIpc) is 2.68. The lowest BCUT2D eigenvalue weighted by Crippen LogP contribution is -2.37. The molecule has 0 aliphatic carbocycles. The Morgan fingerprint density at radius 2 is 0.541 bits per heavy atom.